The number of halogens is 2. The van der Waals surface area contributed by atoms with E-state index in [0.29, 0.717) is 15.7 Å². The van der Waals surface area contributed by atoms with Gasteiger partial charge in [0.05, 0.1) is 15.9 Å². The van der Waals surface area contributed by atoms with Crippen molar-refractivity contribution in [2.45, 2.75) is 0 Å². The summed E-state index contributed by atoms with van der Waals surface area (Å²) in [5, 5.41) is 7.77. The lowest BCUT2D eigenvalue weighted by molar-refractivity contribution is 0.101. The zero-order chi connectivity index (χ0) is 19.0. The van der Waals surface area contributed by atoms with Crippen LogP contribution >= 0.6 is 38.9 Å². The van der Waals surface area contributed by atoms with Crippen molar-refractivity contribution in [3.63, 3.8) is 0 Å². The average Bonchev–Trinajstić information content (AvgIpc) is 3.04. The van der Waals surface area contributed by atoms with E-state index in [9.17, 15) is 9.59 Å². The second-order valence-corrected chi connectivity index (χ2v) is 7.92. The number of hydrogen-bond acceptors (Lipinski definition) is 5. The molecule has 4 rings (SSSR count). The monoisotopic (exact) mass is 460 g/mol. The second-order valence-electron chi connectivity index (χ2n) is 5.53. The normalized spacial score (nSPS) is 10.9. The maximum atomic E-state index is 12.6. The van der Waals surface area contributed by atoms with Crippen LogP contribution in [-0.4, -0.2) is 20.7 Å². The minimum atomic E-state index is -0.614. The Balaban J connectivity index is 1.65. The predicted molar refractivity (Wildman–Crippen MR) is 110 cm³/mol. The van der Waals surface area contributed by atoms with E-state index in [0.717, 1.165) is 14.9 Å². The van der Waals surface area contributed by atoms with Crippen LogP contribution in [0.4, 0.5) is 5.13 Å². The number of benzene rings is 2. The highest BCUT2D eigenvalue weighted by atomic mass is 79.9. The fraction of sp³-hybridized carbons (Fsp3) is 0. The smallest absolute Gasteiger partial charge is 0.281 e. The molecule has 0 aliphatic heterocycles. The molecule has 2 aromatic carbocycles. The van der Waals surface area contributed by atoms with E-state index in [2.05, 4.69) is 31.3 Å². The van der Waals surface area contributed by atoms with Gasteiger partial charge >= 0.3 is 0 Å². The zero-order valence-electron chi connectivity index (χ0n) is 13.5. The summed E-state index contributed by atoms with van der Waals surface area (Å²) in [7, 11) is 0. The molecule has 0 saturated carbocycles. The van der Waals surface area contributed by atoms with Crippen LogP contribution in [0, 0.1) is 0 Å². The molecule has 0 unspecified atom stereocenters. The molecule has 0 fully saturated rings. The third-order valence-corrected chi connectivity index (χ3v) is 5.38. The highest BCUT2D eigenvalue weighted by molar-refractivity contribution is 9.10. The predicted octanol–water partition coefficient (Wildman–Crippen LogP) is 4.51. The molecule has 0 aliphatic rings. The minimum Gasteiger partial charge on any atom is -0.296 e. The summed E-state index contributed by atoms with van der Waals surface area (Å²) < 4.78 is 3.23. The number of rotatable bonds is 3. The van der Waals surface area contributed by atoms with E-state index >= 15 is 0 Å². The van der Waals surface area contributed by atoms with E-state index in [1.807, 2.05) is 24.3 Å². The Kier molecular flexibility index (Phi) is 4.77. The highest BCUT2D eigenvalue weighted by Crippen LogP contribution is 2.28. The van der Waals surface area contributed by atoms with Crippen LogP contribution in [0.5, 0.6) is 0 Å². The van der Waals surface area contributed by atoms with E-state index in [1.165, 1.54) is 28.3 Å². The molecule has 1 N–H and O–H groups in total. The lowest BCUT2D eigenvalue weighted by Crippen LogP contribution is -2.25. The summed E-state index contributed by atoms with van der Waals surface area (Å²) in [5.74, 6) is -0.614. The molecule has 0 radical (unpaired) electrons. The van der Waals surface area contributed by atoms with Crippen molar-refractivity contribution in [3.8, 4) is 5.69 Å². The van der Waals surface area contributed by atoms with Crippen molar-refractivity contribution in [1.29, 1.82) is 0 Å². The van der Waals surface area contributed by atoms with E-state index < -0.39 is 11.3 Å². The molecule has 0 aliphatic carbocycles. The van der Waals surface area contributed by atoms with Crippen LogP contribution in [0.2, 0.25) is 5.02 Å². The fourth-order valence-electron chi connectivity index (χ4n) is 2.41. The largest absolute Gasteiger partial charge is 0.296 e. The van der Waals surface area contributed by atoms with Crippen LogP contribution in [0.15, 0.2) is 64.0 Å². The van der Waals surface area contributed by atoms with Crippen LogP contribution in [0.1, 0.15) is 10.5 Å². The standard InChI is InChI=1S/C18H10BrClN4O2S/c19-10-1-4-12(5-2-10)24-8-7-14(25)16(23-24)17(26)22-18-21-13-6-3-11(20)9-15(13)27-18/h1-9H,(H,21,22,26). The van der Waals surface area contributed by atoms with Crippen molar-refractivity contribution < 1.29 is 4.79 Å². The molecule has 134 valence electrons. The summed E-state index contributed by atoms with van der Waals surface area (Å²) in [4.78, 5) is 29.0. The maximum Gasteiger partial charge on any atom is 0.281 e. The first kappa shape index (κ1) is 17.8. The molecule has 0 saturated heterocycles. The van der Waals surface area contributed by atoms with E-state index in [1.54, 1.807) is 18.2 Å². The number of carbonyl (C=O) groups excluding carboxylic acids is 1. The first-order chi connectivity index (χ1) is 13.0. The lowest BCUT2D eigenvalue weighted by atomic mass is 10.3. The van der Waals surface area contributed by atoms with Crippen molar-refractivity contribution >= 4 is 60.1 Å². The third kappa shape index (κ3) is 3.78. The van der Waals surface area contributed by atoms with Crippen molar-refractivity contribution in [2.24, 2.45) is 0 Å². The van der Waals surface area contributed by atoms with Gasteiger partial charge in [0.25, 0.3) is 5.91 Å². The average molecular weight is 462 g/mol. The molecule has 0 bridgehead atoms. The van der Waals surface area contributed by atoms with Crippen molar-refractivity contribution in [1.82, 2.24) is 14.8 Å². The van der Waals surface area contributed by atoms with Gasteiger partial charge in [-0.1, -0.05) is 38.9 Å². The Morgan fingerprint density at radius 2 is 1.93 bits per heavy atom. The van der Waals surface area contributed by atoms with Gasteiger partial charge in [-0.25, -0.2) is 9.67 Å². The number of hydrogen-bond donors (Lipinski definition) is 1. The number of anilines is 1. The van der Waals surface area contributed by atoms with Crippen LogP contribution < -0.4 is 10.7 Å². The molecular weight excluding hydrogens is 452 g/mol. The third-order valence-electron chi connectivity index (χ3n) is 3.69. The first-order valence-corrected chi connectivity index (χ1v) is 9.72. The number of thiazole rings is 1. The van der Waals surface area contributed by atoms with Crippen molar-refractivity contribution in [3.05, 3.63) is 80.1 Å². The Labute approximate surface area is 170 Å². The second kappa shape index (κ2) is 7.22. The number of carbonyl (C=O) groups is 1. The molecular formula is C18H10BrClN4O2S. The number of fused-ring (bicyclic) bond motifs is 1. The van der Waals surface area contributed by atoms with E-state index in [4.69, 9.17) is 11.6 Å². The van der Waals surface area contributed by atoms with Gasteiger partial charge in [0.2, 0.25) is 5.43 Å². The molecule has 0 spiro atoms. The SMILES string of the molecule is O=C(Nc1nc2ccc(Cl)cc2s1)c1nn(-c2ccc(Br)cc2)ccc1=O. The van der Waals surface area contributed by atoms with Crippen LogP contribution in [0.3, 0.4) is 0 Å². The Morgan fingerprint density at radius 3 is 2.70 bits per heavy atom. The molecule has 0 atom stereocenters. The Morgan fingerprint density at radius 1 is 1.15 bits per heavy atom. The Hall–Kier alpha value is -2.55. The summed E-state index contributed by atoms with van der Waals surface area (Å²) in [6.45, 7) is 0. The summed E-state index contributed by atoms with van der Waals surface area (Å²) in [5.41, 5.74) is 0.762. The molecule has 27 heavy (non-hydrogen) atoms. The van der Waals surface area contributed by atoms with Gasteiger partial charge in [-0.2, -0.15) is 5.10 Å². The number of aromatic nitrogens is 3. The summed E-state index contributed by atoms with van der Waals surface area (Å²) in [6.07, 6.45) is 1.52. The summed E-state index contributed by atoms with van der Waals surface area (Å²) in [6, 6.07) is 13.9. The Bertz CT molecular complexity index is 1220. The lowest BCUT2D eigenvalue weighted by Gasteiger charge is -2.07. The fourth-order valence-corrected chi connectivity index (χ4v) is 3.81. The molecule has 2 heterocycles. The van der Waals surface area contributed by atoms with Crippen LogP contribution in [0.25, 0.3) is 15.9 Å². The topological polar surface area (TPSA) is 76.9 Å². The molecule has 9 heteroatoms. The first-order valence-electron chi connectivity index (χ1n) is 7.73. The maximum absolute atomic E-state index is 12.6. The number of nitrogens with one attached hydrogen (secondary N) is 1. The quantitative estimate of drug-likeness (QED) is 0.487. The van der Waals surface area contributed by atoms with Crippen LogP contribution in [-0.2, 0) is 0 Å². The minimum absolute atomic E-state index is 0.210. The molecule has 6 nitrogen and oxygen atoms in total. The van der Waals surface area contributed by atoms with E-state index in [-0.39, 0.29) is 5.69 Å². The van der Waals surface area contributed by atoms with Gasteiger partial charge in [0, 0.05) is 21.8 Å². The van der Waals surface area contributed by atoms with Gasteiger partial charge in [-0.05, 0) is 42.5 Å². The van der Waals surface area contributed by atoms with Gasteiger partial charge in [0.15, 0.2) is 10.8 Å². The number of nitrogens with zero attached hydrogens (tertiary/aromatic N) is 3. The zero-order valence-corrected chi connectivity index (χ0v) is 16.7. The van der Waals surface area contributed by atoms with Gasteiger partial charge < -0.3 is 0 Å². The van der Waals surface area contributed by atoms with Gasteiger partial charge in [-0.3, -0.25) is 14.9 Å². The highest BCUT2D eigenvalue weighted by Gasteiger charge is 2.16. The van der Waals surface area contributed by atoms with Gasteiger partial charge in [0.1, 0.15) is 0 Å². The summed E-state index contributed by atoms with van der Waals surface area (Å²) >= 11 is 10.6. The number of amides is 1. The molecule has 4 aromatic rings. The molecule has 2 aromatic heterocycles. The molecule has 1 amide bonds. The van der Waals surface area contributed by atoms with Gasteiger partial charge in [-0.15, -0.1) is 0 Å². The van der Waals surface area contributed by atoms with Crippen molar-refractivity contribution in [2.75, 3.05) is 5.32 Å².